The van der Waals surface area contributed by atoms with E-state index in [0.717, 1.165) is 6.54 Å². The molecule has 0 radical (unpaired) electrons. The standard InChI is InChI=1S/C33H39NP/c1-26(2)28-19-21-29(22-20-28)34(6)25-27-17-23-32(24-18-27)35(33(3,4)5,30-13-9-7-10-14-30)31-15-11-8-12-16-31/h7-24,26H,25H2,1-6H3/q+1. The monoisotopic (exact) mass is 480 g/mol. The molecule has 0 saturated carbocycles. The Labute approximate surface area is 213 Å². The first-order valence-electron chi connectivity index (χ1n) is 12.6. The third-order valence-electron chi connectivity index (χ3n) is 7.04. The summed E-state index contributed by atoms with van der Waals surface area (Å²) in [5, 5.41) is 4.39. The van der Waals surface area contributed by atoms with Crippen LogP contribution in [0.1, 0.15) is 51.7 Å². The number of hydrogen-bond donors (Lipinski definition) is 0. The molecule has 2 heteroatoms. The van der Waals surface area contributed by atoms with Crippen molar-refractivity contribution in [2.45, 2.75) is 52.2 Å². The van der Waals surface area contributed by atoms with Crippen molar-refractivity contribution in [2.75, 3.05) is 11.9 Å². The normalized spacial score (nSPS) is 12.1. The molecule has 1 nitrogen and oxygen atoms in total. The van der Waals surface area contributed by atoms with Crippen molar-refractivity contribution in [3.05, 3.63) is 120 Å². The quantitative estimate of drug-likeness (QED) is 0.247. The van der Waals surface area contributed by atoms with Crippen LogP contribution in [0.15, 0.2) is 109 Å². The first kappa shape index (κ1) is 25.2. The van der Waals surface area contributed by atoms with Crippen molar-refractivity contribution in [1.82, 2.24) is 0 Å². The Bertz CT molecular complexity index is 1160. The molecule has 0 heterocycles. The van der Waals surface area contributed by atoms with Crippen LogP contribution in [0.3, 0.4) is 0 Å². The summed E-state index contributed by atoms with van der Waals surface area (Å²) in [6.45, 7) is 12.6. The number of benzene rings is 4. The lowest BCUT2D eigenvalue weighted by molar-refractivity contribution is 0.786. The van der Waals surface area contributed by atoms with Gasteiger partial charge in [0.15, 0.2) is 0 Å². The molecule has 4 aromatic carbocycles. The average Bonchev–Trinajstić information content (AvgIpc) is 2.86. The van der Waals surface area contributed by atoms with Crippen LogP contribution in [0.5, 0.6) is 0 Å². The molecule has 0 aliphatic rings. The second-order valence-corrected chi connectivity index (χ2v) is 15.0. The molecule has 0 aliphatic carbocycles. The Morgan fingerprint density at radius 1 is 0.629 bits per heavy atom. The fourth-order valence-corrected chi connectivity index (χ4v) is 10.3. The summed E-state index contributed by atoms with van der Waals surface area (Å²) < 4.78 is 0. The summed E-state index contributed by atoms with van der Waals surface area (Å²) in [5.41, 5.74) is 3.97. The third kappa shape index (κ3) is 5.07. The van der Waals surface area contributed by atoms with Crippen LogP contribution in [-0.4, -0.2) is 12.2 Å². The van der Waals surface area contributed by atoms with E-state index in [1.165, 1.54) is 32.7 Å². The van der Waals surface area contributed by atoms with Crippen molar-refractivity contribution >= 4 is 28.9 Å². The number of rotatable bonds is 7. The predicted molar refractivity (Wildman–Crippen MR) is 158 cm³/mol. The van der Waals surface area contributed by atoms with Crippen molar-refractivity contribution < 1.29 is 0 Å². The molecule has 4 aromatic rings. The molecule has 4 rings (SSSR count). The molecule has 0 spiro atoms. The second kappa shape index (κ2) is 10.4. The van der Waals surface area contributed by atoms with Gasteiger partial charge < -0.3 is 4.90 Å². The first-order valence-corrected chi connectivity index (χ1v) is 14.4. The van der Waals surface area contributed by atoms with Crippen LogP contribution >= 0.6 is 7.26 Å². The second-order valence-electron chi connectivity index (χ2n) is 10.8. The summed E-state index contributed by atoms with van der Waals surface area (Å²) in [5.74, 6) is 0.558. The largest absolute Gasteiger partial charge is 0.370 e. The molecular weight excluding hydrogens is 441 g/mol. The zero-order valence-corrected chi connectivity index (χ0v) is 23.0. The van der Waals surface area contributed by atoms with Crippen LogP contribution in [0.2, 0.25) is 0 Å². The lowest BCUT2D eigenvalue weighted by atomic mass is 10.0. The van der Waals surface area contributed by atoms with Crippen molar-refractivity contribution in [3.63, 3.8) is 0 Å². The zero-order valence-electron chi connectivity index (χ0n) is 22.1. The van der Waals surface area contributed by atoms with Gasteiger partial charge in [0.2, 0.25) is 0 Å². The summed E-state index contributed by atoms with van der Waals surface area (Å²) in [6, 6.07) is 40.7. The molecular formula is C33H39NP+. The molecule has 0 unspecified atom stereocenters. The predicted octanol–water partition coefficient (Wildman–Crippen LogP) is 7.54. The van der Waals surface area contributed by atoms with Crippen LogP contribution in [-0.2, 0) is 6.54 Å². The van der Waals surface area contributed by atoms with E-state index >= 15 is 0 Å². The van der Waals surface area contributed by atoms with Crippen LogP contribution in [0, 0.1) is 0 Å². The number of nitrogens with zero attached hydrogens (tertiary/aromatic N) is 1. The molecule has 35 heavy (non-hydrogen) atoms. The molecule has 0 atom stereocenters. The molecule has 0 N–H and O–H groups in total. The number of hydrogen-bond acceptors (Lipinski definition) is 1. The zero-order chi connectivity index (χ0) is 25.1. The highest BCUT2D eigenvalue weighted by Crippen LogP contribution is 2.65. The van der Waals surface area contributed by atoms with Crippen LogP contribution < -0.4 is 20.8 Å². The topological polar surface area (TPSA) is 3.24 Å². The van der Waals surface area contributed by atoms with Gasteiger partial charge in [0.1, 0.15) is 23.2 Å². The molecule has 0 aromatic heterocycles. The maximum atomic E-state index is 2.41. The van der Waals surface area contributed by atoms with Gasteiger partial charge in [-0.15, -0.1) is 0 Å². The smallest absolute Gasteiger partial charge is 0.117 e. The summed E-state index contributed by atoms with van der Waals surface area (Å²) in [6.07, 6.45) is 0. The van der Waals surface area contributed by atoms with Crippen LogP contribution in [0.4, 0.5) is 5.69 Å². The van der Waals surface area contributed by atoms with Gasteiger partial charge in [-0.1, -0.05) is 74.5 Å². The molecule has 0 bridgehead atoms. The lowest BCUT2D eigenvalue weighted by Crippen LogP contribution is -2.42. The van der Waals surface area contributed by atoms with E-state index in [1.807, 2.05) is 0 Å². The van der Waals surface area contributed by atoms with Gasteiger partial charge in [0, 0.05) is 19.3 Å². The molecule has 0 saturated heterocycles. The van der Waals surface area contributed by atoms with Gasteiger partial charge in [0.25, 0.3) is 0 Å². The van der Waals surface area contributed by atoms with Crippen molar-refractivity contribution in [3.8, 4) is 0 Å². The van der Waals surface area contributed by atoms with E-state index in [2.05, 4.69) is 156 Å². The van der Waals surface area contributed by atoms with Crippen LogP contribution in [0.25, 0.3) is 0 Å². The van der Waals surface area contributed by atoms with Gasteiger partial charge in [-0.05, 0) is 86.3 Å². The first-order chi connectivity index (χ1) is 16.7. The van der Waals surface area contributed by atoms with Crippen molar-refractivity contribution in [2.24, 2.45) is 0 Å². The van der Waals surface area contributed by atoms with Gasteiger partial charge in [-0.25, -0.2) is 0 Å². The fourth-order valence-electron chi connectivity index (χ4n) is 5.22. The Balaban J connectivity index is 1.71. The molecule has 180 valence electrons. The fraction of sp³-hybridized carbons (Fsp3) is 0.273. The Morgan fingerprint density at radius 3 is 1.51 bits per heavy atom. The molecule has 0 fully saturated rings. The number of anilines is 1. The molecule has 0 amide bonds. The minimum atomic E-state index is -1.88. The van der Waals surface area contributed by atoms with Gasteiger partial charge in [-0.2, -0.15) is 0 Å². The molecule has 0 aliphatic heterocycles. The highest BCUT2D eigenvalue weighted by atomic mass is 31.2. The van der Waals surface area contributed by atoms with Gasteiger partial charge in [-0.3, -0.25) is 0 Å². The maximum absolute atomic E-state index is 2.41. The Morgan fingerprint density at radius 2 is 1.09 bits per heavy atom. The maximum Gasteiger partial charge on any atom is 0.117 e. The average molecular weight is 481 g/mol. The minimum absolute atomic E-state index is 0.0756. The highest BCUT2D eigenvalue weighted by Gasteiger charge is 2.55. The third-order valence-corrected chi connectivity index (χ3v) is 12.3. The Kier molecular flexibility index (Phi) is 7.48. The van der Waals surface area contributed by atoms with E-state index in [1.54, 1.807) is 0 Å². The van der Waals surface area contributed by atoms with E-state index in [0.29, 0.717) is 5.92 Å². The highest BCUT2D eigenvalue weighted by molar-refractivity contribution is 7.96. The van der Waals surface area contributed by atoms with E-state index in [4.69, 9.17) is 0 Å². The van der Waals surface area contributed by atoms with E-state index in [9.17, 15) is 0 Å². The summed E-state index contributed by atoms with van der Waals surface area (Å²) in [7, 11) is 0.301. The SMILES string of the molecule is CC(C)c1ccc(N(C)Cc2ccc([P+](c3ccccc3)(c3ccccc3)C(C)(C)C)cc2)cc1. The van der Waals surface area contributed by atoms with Gasteiger partial charge >= 0.3 is 0 Å². The lowest BCUT2D eigenvalue weighted by Gasteiger charge is -2.38. The Hall–Kier alpha value is -2.89. The van der Waals surface area contributed by atoms with Crippen molar-refractivity contribution in [1.29, 1.82) is 0 Å². The van der Waals surface area contributed by atoms with E-state index in [-0.39, 0.29) is 5.16 Å². The summed E-state index contributed by atoms with van der Waals surface area (Å²) >= 11 is 0. The van der Waals surface area contributed by atoms with Gasteiger partial charge in [0.05, 0.1) is 5.16 Å². The minimum Gasteiger partial charge on any atom is -0.370 e. The van der Waals surface area contributed by atoms with E-state index < -0.39 is 7.26 Å². The summed E-state index contributed by atoms with van der Waals surface area (Å²) in [4.78, 5) is 2.33.